The van der Waals surface area contributed by atoms with Gasteiger partial charge in [-0.25, -0.2) is 0 Å². The standard InChI is InChI=1S/C15H26N2O3/c1-4-15(5-2)12(18)16-14(8-6-7-9-14)13(19)17(15)10-11-20-3/h4-11H2,1-3H3,(H,16,18). The summed E-state index contributed by atoms with van der Waals surface area (Å²) in [6.45, 7) is 4.91. The third kappa shape index (κ3) is 2.12. The molecule has 2 rings (SSSR count). The predicted octanol–water partition coefficient (Wildman–Crippen LogP) is 1.46. The maximum Gasteiger partial charge on any atom is 0.249 e. The van der Waals surface area contributed by atoms with Crippen molar-refractivity contribution in [2.75, 3.05) is 20.3 Å². The van der Waals surface area contributed by atoms with Crippen LogP contribution in [0, 0.1) is 0 Å². The van der Waals surface area contributed by atoms with Gasteiger partial charge in [-0.1, -0.05) is 26.7 Å². The lowest BCUT2D eigenvalue weighted by atomic mass is 9.81. The second-order valence-electron chi connectivity index (χ2n) is 5.93. The van der Waals surface area contributed by atoms with E-state index in [-0.39, 0.29) is 11.8 Å². The van der Waals surface area contributed by atoms with Gasteiger partial charge in [0.15, 0.2) is 0 Å². The minimum atomic E-state index is -0.705. The zero-order valence-corrected chi connectivity index (χ0v) is 12.8. The number of ether oxygens (including phenoxy) is 1. The largest absolute Gasteiger partial charge is 0.383 e. The average Bonchev–Trinajstić information content (AvgIpc) is 2.91. The molecule has 1 saturated carbocycles. The summed E-state index contributed by atoms with van der Waals surface area (Å²) < 4.78 is 5.14. The van der Waals surface area contributed by atoms with Gasteiger partial charge in [0.05, 0.1) is 6.61 Å². The molecule has 0 aromatic carbocycles. The summed E-state index contributed by atoms with van der Waals surface area (Å²) in [5.41, 5.74) is -1.35. The summed E-state index contributed by atoms with van der Waals surface area (Å²) >= 11 is 0. The minimum Gasteiger partial charge on any atom is -0.383 e. The minimum absolute atomic E-state index is 0.0140. The zero-order chi connectivity index (χ0) is 14.8. The maximum absolute atomic E-state index is 13.0. The summed E-state index contributed by atoms with van der Waals surface area (Å²) in [5, 5.41) is 3.07. The van der Waals surface area contributed by atoms with Crippen LogP contribution < -0.4 is 5.32 Å². The van der Waals surface area contributed by atoms with Crippen molar-refractivity contribution >= 4 is 11.8 Å². The van der Waals surface area contributed by atoms with Crippen molar-refractivity contribution < 1.29 is 14.3 Å². The first-order valence-electron chi connectivity index (χ1n) is 7.70. The fraction of sp³-hybridized carbons (Fsp3) is 0.867. The van der Waals surface area contributed by atoms with Crippen molar-refractivity contribution in [2.45, 2.75) is 63.5 Å². The molecule has 114 valence electrons. The van der Waals surface area contributed by atoms with Crippen LogP contribution in [0.2, 0.25) is 0 Å². The lowest BCUT2D eigenvalue weighted by Crippen LogP contribution is -2.75. The summed E-state index contributed by atoms with van der Waals surface area (Å²) in [6, 6.07) is 0. The molecular weight excluding hydrogens is 256 g/mol. The fourth-order valence-electron chi connectivity index (χ4n) is 3.73. The van der Waals surface area contributed by atoms with Crippen LogP contribution in [-0.2, 0) is 14.3 Å². The van der Waals surface area contributed by atoms with E-state index in [1.165, 1.54) is 0 Å². The van der Waals surface area contributed by atoms with Crippen molar-refractivity contribution in [2.24, 2.45) is 0 Å². The van der Waals surface area contributed by atoms with Gasteiger partial charge in [0.2, 0.25) is 11.8 Å². The summed E-state index contributed by atoms with van der Waals surface area (Å²) in [5.74, 6) is 0.107. The Hall–Kier alpha value is -1.10. The smallest absolute Gasteiger partial charge is 0.249 e. The van der Waals surface area contributed by atoms with E-state index in [4.69, 9.17) is 4.74 Å². The van der Waals surface area contributed by atoms with Crippen molar-refractivity contribution in [3.05, 3.63) is 0 Å². The van der Waals surface area contributed by atoms with Crippen molar-refractivity contribution in [3.63, 3.8) is 0 Å². The van der Waals surface area contributed by atoms with Crippen LogP contribution in [-0.4, -0.2) is 48.1 Å². The highest BCUT2D eigenvalue weighted by molar-refractivity contribution is 6.02. The summed E-state index contributed by atoms with van der Waals surface area (Å²) in [6.07, 6.45) is 4.83. The van der Waals surface area contributed by atoms with E-state index in [2.05, 4.69) is 5.32 Å². The number of piperazine rings is 1. The summed E-state index contributed by atoms with van der Waals surface area (Å²) in [4.78, 5) is 27.5. The molecule has 0 aromatic heterocycles. The second kappa shape index (κ2) is 5.72. The van der Waals surface area contributed by atoms with E-state index in [9.17, 15) is 9.59 Å². The maximum atomic E-state index is 13.0. The molecule has 0 unspecified atom stereocenters. The van der Waals surface area contributed by atoms with Crippen LogP contribution in [0.15, 0.2) is 0 Å². The molecule has 0 bridgehead atoms. The normalized spacial score (nSPS) is 24.2. The Balaban J connectivity index is 2.35. The van der Waals surface area contributed by atoms with Gasteiger partial charge in [-0.05, 0) is 25.7 Å². The van der Waals surface area contributed by atoms with E-state index in [0.29, 0.717) is 26.0 Å². The molecule has 1 aliphatic carbocycles. The number of hydrogen-bond acceptors (Lipinski definition) is 3. The van der Waals surface area contributed by atoms with E-state index in [1.54, 1.807) is 12.0 Å². The van der Waals surface area contributed by atoms with Crippen LogP contribution >= 0.6 is 0 Å². The SMILES string of the molecule is CCC1(CC)C(=O)NC2(CCCC2)C(=O)N1CCOC. The molecule has 1 spiro atoms. The van der Waals surface area contributed by atoms with Gasteiger partial charge in [-0.15, -0.1) is 0 Å². The molecule has 5 nitrogen and oxygen atoms in total. The van der Waals surface area contributed by atoms with Gasteiger partial charge in [-0.2, -0.15) is 0 Å². The molecule has 0 atom stereocenters. The molecule has 0 aromatic rings. The number of amides is 2. The molecule has 0 radical (unpaired) electrons. The molecule has 1 N–H and O–H groups in total. The van der Waals surface area contributed by atoms with Crippen LogP contribution in [0.25, 0.3) is 0 Å². The van der Waals surface area contributed by atoms with Gasteiger partial charge < -0.3 is 15.0 Å². The monoisotopic (exact) mass is 282 g/mol. The molecule has 5 heteroatoms. The number of carbonyl (C=O) groups is 2. The molecule has 20 heavy (non-hydrogen) atoms. The first-order valence-corrected chi connectivity index (χ1v) is 7.70. The summed E-state index contributed by atoms with van der Waals surface area (Å²) in [7, 11) is 1.62. The van der Waals surface area contributed by atoms with Gasteiger partial charge in [0.1, 0.15) is 11.1 Å². The Morgan fingerprint density at radius 1 is 1.20 bits per heavy atom. The van der Waals surface area contributed by atoms with Crippen molar-refractivity contribution in [1.82, 2.24) is 10.2 Å². The van der Waals surface area contributed by atoms with E-state index < -0.39 is 11.1 Å². The first-order chi connectivity index (χ1) is 9.56. The van der Waals surface area contributed by atoms with Crippen molar-refractivity contribution in [1.29, 1.82) is 0 Å². The van der Waals surface area contributed by atoms with Gasteiger partial charge in [-0.3, -0.25) is 9.59 Å². The van der Waals surface area contributed by atoms with E-state index in [0.717, 1.165) is 25.7 Å². The average molecular weight is 282 g/mol. The Morgan fingerprint density at radius 3 is 2.30 bits per heavy atom. The van der Waals surface area contributed by atoms with Crippen LogP contribution in [0.5, 0.6) is 0 Å². The van der Waals surface area contributed by atoms with Crippen LogP contribution in [0.3, 0.4) is 0 Å². The fourth-order valence-corrected chi connectivity index (χ4v) is 3.73. The molecule has 1 heterocycles. The topological polar surface area (TPSA) is 58.6 Å². The lowest BCUT2D eigenvalue weighted by molar-refractivity contribution is -0.164. The first kappa shape index (κ1) is 15.3. The molecule has 2 fully saturated rings. The number of methoxy groups -OCH3 is 1. The second-order valence-corrected chi connectivity index (χ2v) is 5.93. The van der Waals surface area contributed by atoms with Crippen LogP contribution in [0.4, 0.5) is 0 Å². The molecule has 1 aliphatic heterocycles. The van der Waals surface area contributed by atoms with Crippen molar-refractivity contribution in [3.8, 4) is 0 Å². The van der Waals surface area contributed by atoms with Crippen LogP contribution in [0.1, 0.15) is 52.4 Å². The molecule has 2 aliphatic rings. The Morgan fingerprint density at radius 2 is 1.80 bits per heavy atom. The van der Waals surface area contributed by atoms with E-state index in [1.807, 2.05) is 13.8 Å². The highest BCUT2D eigenvalue weighted by atomic mass is 16.5. The molecule has 2 amide bonds. The number of hydrogen-bond donors (Lipinski definition) is 1. The Kier molecular flexibility index (Phi) is 4.37. The highest BCUT2D eigenvalue weighted by Crippen LogP contribution is 2.39. The third-order valence-electron chi connectivity index (χ3n) is 5.09. The van der Waals surface area contributed by atoms with E-state index >= 15 is 0 Å². The predicted molar refractivity (Wildman–Crippen MR) is 76.2 cm³/mol. The molecule has 1 saturated heterocycles. The number of rotatable bonds is 5. The number of nitrogens with one attached hydrogen (secondary N) is 1. The number of nitrogens with zero attached hydrogens (tertiary/aromatic N) is 1. The number of carbonyl (C=O) groups excluding carboxylic acids is 2. The third-order valence-corrected chi connectivity index (χ3v) is 5.09. The molecular formula is C15H26N2O3. The van der Waals surface area contributed by atoms with Gasteiger partial charge in [0, 0.05) is 13.7 Å². The van der Waals surface area contributed by atoms with Gasteiger partial charge >= 0.3 is 0 Å². The van der Waals surface area contributed by atoms with Gasteiger partial charge in [0.25, 0.3) is 0 Å². The Labute approximate surface area is 121 Å². The quantitative estimate of drug-likeness (QED) is 0.830. The lowest BCUT2D eigenvalue weighted by Gasteiger charge is -2.51. The highest BCUT2D eigenvalue weighted by Gasteiger charge is 2.57. The Bertz CT molecular complexity index is 385. The zero-order valence-electron chi connectivity index (χ0n) is 12.8.